The monoisotopic (exact) mass is 317 g/mol. The Kier molecular flexibility index (Phi) is 5.13. The number of alkyl halides is 1. The third-order valence-electron chi connectivity index (χ3n) is 3.49. The van der Waals surface area contributed by atoms with Gasteiger partial charge in [-0.05, 0) is 31.0 Å². The van der Waals surface area contributed by atoms with Gasteiger partial charge in [0.25, 0.3) is 5.91 Å². The van der Waals surface area contributed by atoms with E-state index >= 15 is 0 Å². The summed E-state index contributed by atoms with van der Waals surface area (Å²) in [5.41, 5.74) is -0.0134. The number of rotatable bonds is 4. The van der Waals surface area contributed by atoms with E-state index in [1.165, 1.54) is 7.11 Å². The summed E-state index contributed by atoms with van der Waals surface area (Å²) in [6.45, 7) is 1.19. The number of ether oxygens (including phenoxy) is 2. The molecule has 1 aromatic rings. The van der Waals surface area contributed by atoms with Gasteiger partial charge in [-0.2, -0.15) is 0 Å². The van der Waals surface area contributed by atoms with E-state index in [2.05, 4.69) is 5.32 Å². The number of amides is 1. The lowest BCUT2D eigenvalue weighted by molar-refractivity contribution is 0.0433. The summed E-state index contributed by atoms with van der Waals surface area (Å²) in [6, 6.07) is 4.95. The summed E-state index contributed by atoms with van der Waals surface area (Å²) in [7, 11) is 1.52. The topological polar surface area (TPSA) is 47.6 Å². The van der Waals surface area contributed by atoms with Crippen molar-refractivity contribution in [3.8, 4) is 5.75 Å². The molecular formula is C14H17Cl2NO3. The summed E-state index contributed by atoms with van der Waals surface area (Å²) in [5.74, 6) is 0.612. The van der Waals surface area contributed by atoms with Crippen LogP contribution in [0, 0.1) is 0 Å². The number of hydrogen-bond acceptors (Lipinski definition) is 3. The van der Waals surface area contributed by atoms with E-state index in [0.29, 0.717) is 48.3 Å². The number of halogens is 2. The average Bonchev–Trinajstić information content (AvgIpc) is 2.48. The van der Waals surface area contributed by atoms with Crippen LogP contribution in [0.5, 0.6) is 5.75 Å². The Labute approximate surface area is 128 Å². The van der Waals surface area contributed by atoms with Crippen molar-refractivity contribution in [3.63, 3.8) is 0 Å². The molecule has 0 unspecified atom stereocenters. The first-order valence-corrected chi connectivity index (χ1v) is 7.31. The molecule has 1 fully saturated rings. The molecule has 0 bridgehead atoms. The highest BCUT2D eigenvalue weighted by Crippen LogP contribution is 2.26. The van der Waals surface area contributed by atoms with E-state index in [1.807, 2.05) is 0 Å². The quantitative estimate of drug-likeness (QED) is 0.869. The summed E-state index contributed by atoms with van der Waals surface area (Å²) >= 11 is 12.0. The molecule has 1 aliphatic rings. The van der Waals surface area contributed by atoms with Gasteiger partial charge in [0.15, 0.2) is 0 Å². The Hall–Kier alpha value is -0.970. The van der Waals surface area contributed by atoms with Gasteiger partial charge in [-0.25, -0.2) is 0 Å². The van der Waals surface area contributed by atoms with Crippen LogP contribution in [0.2, 0.25) is 5.02 Å². The molecule has 1 N–H and O–H groups in total. The molecule has 1 aliphatic heterocycles. The van der Waals surface area contributed by atoms with E-state index < -0.39 is 5.54 Å². The highest BCUT2D eigenvalue weighted by atomic mass is 35.5. The zero-order chi connectivity index (χ0) is 14.6. The average molecular weight is 318 g/mol. The van der Waals surface area contributed by atoms with Crippen molar-refractivity contribution in [1.29, 1.82) is 0 Å². The molecule has 0 radical (unpaired) electrons. The van der Waals surface area contributed by atoms with E-state index in [0.717, 1.165) is 0 Å². The maximum Gasteiger partial charge on any atom is 0.255 e. The molecule has 4 nitrogen and oxygen atoms in total. The molecule has 0 spiro atoms. The van der Waals surface area contributed by atoms with Gasteiger partial charge in [0.2, 0.25) is 0 Å². The maximum absolute atomic E-state index is 12.5. The summed E-state index contributed by atoms with van der Waals surface area (Å²) < 4.78 is 10.5. The van der Waals surface area contributed by atoms with Gasteiger partial charge in [-0.3, -0.25) is 4.79 Å². The third kappa shape index (κ3) is 3.37. The molecule has 1 aromatic carbocycles. The smallest absolute Gasteiger partial charge is 0.255 e. The number of nitrogens with one attached hydrogen (secondary N) is 1. The number of benzene rings is 1. The van der Waals surface area contributed by atoms with Crippen molar-refractivity contribution in [2.45, 2.75) is 18.4 Å². The van der Waals surface area contributed by atoms with Gasteiger partial charge in [0.1, 0.15) is 5.75 Å². The molecule has 110 valence electrons. The van der Waals surface area contributed by atoms with Crippen molar-refractivity contribution in [2.24, 2.45) is 0 Å². The first-order chi connectivity index (χ1) is 9.60. The van der Waals surface area contributed by atoms with Crippen LogP contribution >= 0.6 is 23.2 Å². The van der Waals surface area contributed by atoms with E-state index in [4.69, 9.17) is 32.7 Å². The number of methoxy groups -OCH3 is 1. The molecule has 0 aromatic heterocycles. The van der Waals surface area contributed by atoms with Crippen LogP contribution in [-0.4, -0.2) is 37.6 Å². The van der Waals surface area contributed by atoms with E-state index in [-0.39, 0.29) is 5.91 Å². The lowest BCUT2D eigenvalue weighted by atomic mass is 9.91. The van der Waals surface area contributed by atoms with Gasteiger partial charge in [0.05, 0.1) is 18.2 Å². The van der Waals surface area contributed by atoms with Crippen molar-refractivity contribution in [3.05, 3.63) is 28.8 Å². The Morgan fingerprint density at radius 2 is 2.15 bits per heavy atom. The molecule has 0 saturated carbocycles. The third-order valence-corrected chi connectivity index (χ3v) is 4.24. The predicted molar refractivity (Wildman–Crippen MR) is 79.0 cm³/mol. The van der Waals surface area contributed by atoms with Gasteiger partial charge >= 0.3 is 0 Å². The van der Waals surface area contributed by atoms with Crippen molar-refractivity contribution >= 4 is 29.1 Å². The van der Waals surface area contributed by atoms with Gasteiger partial charge in [-0.15, -0.1) is 11.6 Å². The van der Waals surface area contributed by atoms with Crippen LogP contribution < -0.4 is 10.1 Å². The first-order valence-electron chi connectivity index (χ1n) is 6.40. The van der Waals surface area contributed by atoms with Crippen LogP contribution in [0.25, 0.3) is 0 Å². The molecule has 1 amide bonds. The Balaban J connectivity index is 2.20. The predicted octanol–water partition coefficient (Wildman–Crippen LogP) is 2.87. The normalized spacial score (nSPS) is 17.6. The van der Waals surface area contributed by atoms with Crippen molar-refractivity contribution in [2.75, 3.05) is 26.2 Å². The molecule has 0 atom stereocenters. The van der Waals surface area contributed by atoms with Gasteiger partial charge in [-0.1, -0.05) is 11.6 Å². The fraction of sp³-hybridized carbons (Fsp3) is 0.500. The zero-order valence-corrected chi connectivity index (χ0v) is 12.8. The molecule has 6 heteroatoms. The molecule has 1 saturated heterocycles. The minimum absolute atomic E-state index is 0.230. The second-order valence-electron chi connectivity index (χ2n) is 4.83. The van der Waals surface area contributed by atoms with Crippen LogP contribution in [0.4, 0.5) is 0 Å². The minimum Gasteiger partial charge on any atom is -0.496 e. The molecule has 0 aliphatic carbocycles. The number of carbonyl (C=O) groups excluding carboxylic acids is 1. The molecule has 1 heterocycles. The summed E-state index contributed by atoms with van der Waals surface area (Å²) in [4.78, 5) is 12.5. The molecule has 2 rings (SSSR count). The summed E-state index contributed by atoms with van der Waals surface area (Å²) in [5, 5.41) is 3.50. The zero-order valence-electron chi connectivity index (χ0n) is 11.2. The van der Waals surface area contributed by atoms with Crippen molar-refractivity contribution in [1.82, 2.24) is 5.32 Å². The standard InChI is InChI=1S/C14H17Cl2NO3/c1-19-12-3-2-10(16)8-11(12)13(18)17-14(9-15)4-6-20-7-5-14/h2-3,8H,4-7,9H2,1H3,(H,17,18). The fourth-order valence-corrected chi connectivity index (χ4v) is 2.73. The van der Waals surface area contributed by atoms with Gasteiger partial charge in [0, 0.05) is 24.1 Å². The fourth-order valence-electron chi connectivity index (χ4n) is 2.22. The highest BCUT2D eigenvalue weighted by Gasteiger charge is 2.34. The van der Waals surface area contributed by atoms with Crippen LogP contribution in [0.3, 0.4) is 0 Å². The lowest BCUT2D eigenvalue weighted by Gasteiger charge is -2.36. The van der Waals surface area contributed by atoms with Crippen LogP contribution in [0.15, 0.2) is 18.2 Å². The lowest BCUT2D eigenvalue weighted by Crippen LogP contribution is -2.53. The Morgan fingerprint density at radius 1 is 1.45 bits per heavy atom. The summed E-state index contributed by atoms with van der Waals surface area (Å²) in [6.07, 6.45) is 1.40. The highest BCUT2D eigenvalue weighted by molar-refractivity contribution is 6.31. The second kappa shape index (κ2) is 6.66. The Bertz CT molecular complexity index is 487. The molecular weight excluding hydrogens is 301 g/mol. The van der Waals surface area contributed by atoms with Gasteiger partial charge < -0.3 is 14.8 Å². The van der Waals surface area contributed by atoms with E-state index in [9.17, 15) is 4.79 Å². The minimum atomic E-state index is -0.426. The largest absolute Gasteiger partial charge is 0.496 e. The van der Waals surface area contributed by atoms with Crippen LogP contribution in [-0.2, 0) is 4.74 Å². The second-order valence-corrected chi connectivity index (χ2v) is 5.53. The van der Waals surface area contributed by atoms with Crippen LogP contribution in [0.1, 0.15) is 23.2 Å². The Morgan fingerprint density at radius 3 is 2.75 bits per heavy atom. The maximum atomic E-state index is 12.5. The van der Waals surface area contributed by atoms with E-state index in [1.54, 1.807) is 18.2 Å². The van der Waals surface area contributed by atoms with Crippen molar-refractivity contribution < 1.29 is 14.3 Å². The SMILES string of the molecule is COc1ccc(Cl)cc1C(=O)NC1(CCl)CCOCC1. The first kappa shape index (κ1) is 15.4. The number of hydrogen-bond donors (Lipinski definition) is 1. The molecule has 20 heavy (non-hydrogen) atoms. The number of carbonyl (C=O) groups is 1.